The Morgan fingerprint density at radius 1 is 0.875 bits per heavy atom. The molecule has 2 aliphatic carbocycles. The zero-order chi connectivity index (χ0) is 27.4. The second-order valence-corrected chi connectivity index (χ2v) is 11.5. The highest BCUT2D eigenvalue weighted by molar-refractivity contribution is 6.22. The van der Waals surface area contributed by atoms with Crippen LogP contribution in [0.25, 0.3) is 11.1 Å². The van der Waals surface area contributed by atoms with Crippen LogP contribution in [0.3, 0.4) is 0 Å². The molecule has 40 heavy (non-hydrogen) atoms. The Labute approximate surface area is 236 Å². The zero-order valence-corrected chi connectivity index (χ0v) is 23.4. The Kier molecular flexibility index (Phi) is 6.08. The van der Waals surface area contributed by atoms with Crippen LogP contribution in [-0.2, 0) is 16.6 Å². The lowest BCUT2D eigenvalue weighted by Crippen LogP contribution is -2.52. The molecule has 204 valence electrons. The maximum atomic E-state index is 13.5. The summed E-state index contributed by atoms with van der Waals surface area (Å²) in [7, 11) is 5.20. The molecule has 8 rings (SSSR count). The molecule has 4 bridgehead atoms. The summed E-state index contributed by atoms with van der Waals surface area (Å²) in [5, 5.41) is 0. The molecule has 2 unspecified atom stereocenters. The fourth-order valence-corrected chi connectivity index (χ4v) is 7.69. The Morgan fingerprint density at radius 2 is 1.70 bits per heavy atom. The number of carbonyl (C=O) groups excluding carboxylic acids is 1. The van der Waals surface area contributed by atoms with Gasteiger partial charge in [-0.05, 0) is 96.0 Å². The molecule has 4 atom stereocenters. The number of ketones is 1. The van der Waals surface area contributed by atoms with Crippen LogP contribution < -0.4 is 14.2 Å². The molecule has 0 spiro atoms. The van der Waals surface area contributed by atoms with Gasteiger partial charge in [0.25, 0.3) is 0 Å². The lowest BCUT2D eigenvalue weighted by Gasteiger charge is -2.46. The summed E-state index contributed by atoms with van der Waals surface area (Å²) in [4.78, 5) is 16.1. The van der Waals surface area contributed by atoms with Gasteiger partial charge in [0, 0.05) is 30.1 Å². The first-order valence-corrected chi connectivity index (χ1v) is 14.2. The number of ether oxygens (including phenoxy) is 3. The summed E-state index contributed by atoms with van der Waals surface area (Å²) >= 11 is 0. The average molecular weight is 534 g/mol. The van der Waals surface area contributed by atoms with Crippen molar-refractivity contribution in [3.05, 3.63) is 101 Å². The van der Waals surface area contributed by atoms with Crippen LogP contribution >= 0.6 is 0 Å². The molecular weight excluding hydrogens is 498 g/mol. The van der Waals surface area contributed by atoms with Crippen LogP contribution in [-0.4, -0.2) is 51.1 Å². The topological polar surface area (TPSA) is 48.0 Å². The van der Waals surface area contributed by atoms with Crippen LogP contribution in [0.1, 0.15) is 47.1 Å². The molecule has 5 nitrogen and oxygen atoms in total. The molecule has 3 aliphatic heterocycles. The number of hydrogen-bond donors (Lipinski definition) is 0. The number of rotatable bonds is 4. The first kappa shape index (κ1) is 25.2. The standard InChI is InChI=1S/C35H35NO4/c1-38-26-8-5-7-25(18-26)35-20-24-21-36(33(35)17-23-6-4-9-32(40-3)34(23)35)15-14-22-10-12-29(31(37)16-22)28-13-11-27(39-2)19-30(24)28/h4-9,11-13,18-20,22,33H,10,14-17,21H2,1-3H3/t22?,33-,35+/m0/s1. The summed E-state index contributed by atoms with van der Waals surface area (Å²) in [5.74, 6) is 3.17. The van der Waals surface area contributed by atoms with Gasteiger partial charge in [0.15, 0.2) is 5.78 Å². The Morgan fingerprint density at radius 3 is 2.50 bits per heavy atom. The molecule has 3 aromatic carbocycles. The predicted molar refractivity (Wildman–Crippen MR) is 157 cm³/mol. The van der Waals surface area contributed by atoms with Gasteiger partial charge in [0.2, 0.25) is 0 Å². The molecule has 0 N–H and O–H groups in total. The van der Waals surface area contributed by atoms with Gasteiger partial charge >= 0.3 is 0 Å². The molecular formula is C35H35NO4. The minimum absolute atomic E-state index is 0.217. The normalized spacial score (nSPS) is 26.5. The van der Waals surface area contributed by atoms with E-state index in [-0.39, 0.29) is 11.8 Å². The van der Waals surface area contributed by atoms with Gasteiger partial charge in [-0.1, -0.05) is 36.4 Å². The van der Waals surface area contributed by atoms with E-state index in [9.17, 15) is 4.79 Å². The van der Waals surface area contributed by atoms with Gasteiger partial charge in [0.05, 0.1) is 26.7 Å². The molecule has 0 saturated heterocycles. The van der Waals surface area contributed by atoms with Crippen molar-refractivity contribution in [2.24, 2.45) is 5.92 Å². The van der Waals surface area contributed by atoms with Crippen LogP contribution in [0.2, 0.25) is 0 Å². The van der Waals surface area contributed by atoms with Gasteiger partial charge in [-0.3, -0.25) is 9.69 Å². The fraction of sp³-hybridized carbons (Fsp3) is 0.343. The number of benzene rings is 3. The van der Waals surface area contributed by atoms with Crippen LogP contribution in [0.15, 0.2) is 72.8 Å². The van der Waals surface area contributed by atoms with Crippen molar-refractivity contribution < 1.29 is 19.0 Å². The van der Waals surface area contributed by atoms with Crippen molar-refractivity contribution in [2.75, 3.05) is 34.4 Å². The van der Waals surface area contributed by atoms with E-state index in [1.165, 1.54) is 22.3 Å². The smallest absolute Gasteiger partial charge is 0.163 e. The maximum absolute atomic E-state index is 13.5. The van der Waals surface area contributed by atoms with Gasteiger partial charge < -0.3 is 14.2 Å². The van der Waals surface area contributed by atoms with Gasteiger partial charge in [-0.15, -0.1) is 0 Å². The monoisotopic (exact) mass is 533 g/mol. The SMILES string of the molecule is COc1cccc([C@]23C=C4CN(CCC5CC=C(C(=O)C5)c5ccc(OC)cc54)[C@H]2Cc2cccc(OC)c23)c1. The molecule has 0 amide bonds. The number of nitrogens with zero attached hydrogens (tertiary/aromatic N) is 1. The first-order chi connectivity index (χ1) is 19.5. The quantitative estimate of drug-likeness (QED) is 0.406. The van der Waals surface area contributed by atoms with Crippen molar-refractivity contribution in [2.45, 2.75) is 37.1 Å². The van der Waals surface area contributed by atoms with Crippen molar-refractivity contribution >= 4 is 16.9 Å². The summed E-state index contributed by atoms with van der Waals surface area (Å²) in [6, 6.07) is 21.4. The van der Waals surface area contributed by atoms with Crippen LogP contribution in [0.5, 0.6) is 17.2 Å². The predicted octanol–water partition coefficient (Wildman–Crippen LogP) is 6.09. The Hall–Kier alpha value is -3.83. The van der Waals surface area contributed by atoms with Gasteiger partial charge in [-0.25, -0.2) is 0 Å². The number of fused-ring (bicyclic) bond motifs is 6. The molecule has 3 aromatic rings. The first-order valence-electron chi connectivity index (χ1n) is 14.2. The van der Waals surface area contributed by atoms with Gasteiger partial charge in [-0.2, -0.15) is 0 Å². The van der Waals surface area contributed by atoms with E-state index in [4.69, 9.17) is 14.2 Å². The van der Waals surface area contributed by atoms with Crippen molar-refractivity contribution in [1.82, 2.24) is 4.90 Å². The summed E-state index contributed by atoms with van der Waals surface area (Å²) < 4.78 is 17.5. The third-order valence-electron chi connectivity index (χ3n) is 9.57. The second kappa shape index (κ2) is 9.67. The lowest BCUT2D eigenvalue weighted by atomic mass is 9.68. The summed E-state index contributed by atoms with van der Waals surface area (Å²) in [6.07, 6.45) is 8.16. The Bertz CT molecular complexity index is 1570. The van der Waals surface area contributed by atoms with Crippen LogP contribution in [0, 0.1) is 5.92 Å². The highest BCUT2D eigenvalue weighted by Gasteiger charge is 2.53. The zero-order valence-electron chi connectivity index (χ0n) is 23.4. The van der Waals surface area contributed by atoms with Crippen molar-refractivity contribution in [3.8, 4) is 17.2 Å². The second-order valence-electron chi connectivity index (χ2n) is 11.5. The molecule has 5 aliphatic rings. The number of methoxy groups -OCH3 is 3. The van der Waals surface area contributed by atoms with E-state index >= 15 is 0 Å². The number of hydrogen-bond acceptors (Lipinski definition) is 5. The summed E-state index contributed by atoms with van der Waals surface area (Å²) in [6.45, 7) is 1.76. The van der Waals surface area contributed by atoms with Gasteiger partial charge in [0.1, 0.15) is 17.2 Å². The molecule has 0 radical (unpaired) electrons. The largest absolute Gasteiger partial charge is 0.497 e. The van der Waals surface area contributed by atoms with E-state index in [0.29, 0.717) is 12.3 Å². The van der Waals surface area contributed by atoms with E-state index < -0.39 is 5.41 Å². The molecule has 0 saturated carbocycles. The number of carbonyl (C=O) groups is 1. The van der Waals surface area contributed by atoms with E-state index in [1.807, 2.05) is 12.1 Å². The van der Waals surface area contributed by atoms with E-state index in [0.717, 1.165) is 66.3 Å². The highest BCUT2D eigenvalue weighted by Crippen LogP contribution is 2.55. The number of Topliss-reactive ketones (excluding diaryl/α,β-unsaturated/α-hetero) is 1. The molecule has 0 aromatic heterocycles. The average Bonchev–Trinajstić information content (AvgIpc) is 3.34. The molecule has 3 heterocycles. The maximum Gasteiger partial charge on any atom is 0.163 e. The minimum Gasteiger partial charge on any atom is -0.497 e. The lowest BCUT2D eigenvalue weighted by molar-refractivity contribution is -0.115. The summed E-state index contributed by atoms with van der Waals surface area (Å²) in [5.41, 5.74) is 7.46. The minimum atomic E-state index is -0.449. The molecule has 0 fully saturated rings. The highest BCUT2D eigenvalue weighted by atomic mass is 16.5. The van der Waals surface area contributed by atoms with E-state index in [1.54, 1.807) is 21.3 Å². The third kappa shape index (κ3) is 3.75. The third-order valence-corrected chi connectivity index (χ3v) is 9.57. The fourth-order valence-electron chi connectivity index (χ4n) is 7.69. The number of allylic oxidation sites excluding steroid dienone is 2. The van der Waals surface area contributed by atoms with Crippen molar-refractivity contribution in [1.29, 1.82) is 0 Å². The van der Waals surface area contributed by atoms with Crippen molar-refractivity contribution in [3.63, 3.8) is 0 Å². The molecule has 5 heteroatoms. The van der Waals surface area contributed by atoms with E-state index in [2.05, 4.69) is 65.6 Å². The Balaban J connectivity index is 1.56. The van der Waals surface area contributed by atoms with Crippen LogP contribution in [0.4, 0.5) is 0 Å².